The maximum absolute atomic E-state index is 11.8. The number of likely N-dealkylation sites (tertiary alicyclic amines) is 1. The molecule has 1 aliphatic rings. The second kappa shape index (κ2) is 5.65. The predicted molar refractivity (Wildman–Crippen MR) is 68.7 cm³/mol. The lowest BCUT2D eigenvalue weighted by Crippen LogP contribution is -2.41. The van der Waals surface area contributed by atoms with E-state index in [0.29, 0.717) is 12.1 Å². The van der Waals surface area contributed by atoms with Crippen LogP contribution in [0.5, 0.6) is 0 Å². The van der Waals surface area contributed by atoms with Crippen LogP contribution in [-0.4, -0.2) is 30.4 Å². The Bertz CT molecular complexity index is 478. The maximum atomic E-state index is 11.8. The summed E-state index contributed by atoms with van der Waals surface area (Å²) in [6.07, 6.45) is 1.93. The van der Waals surface area contributed by atoms with Crippen molar-refractivity contribution in [2.45, 2.75) is 25.4 Å². The van der Waals surface area contributed by atoms with E-state index in [0.717, 1.165) is 24.9 Å². The molecule has 4 heteroatoms. The molecule has 1 aromatic carbocycles. The number of carbonyl (C=O) groups excluding carboxylic acids is 1. The van der Waals surface area contributed by atoms with Gasteiger partial charge in [0.05, 0.1) is 17.7 Å². The smallest absolute Gasteiger partial charge is 0.237 e. The van der Waals surface area contributed by atoms with Crippen molar-refractivity contribution in [1.82, 2.24) is 10.2 Å². The van der Waals surface area contributed by atoms with Crippen LogP contribution in [0.4, 0.5) is 0 Å². The Hall–Kier alpha value is -1.86. The minimum absolute atomic E-state index is 0.0539. The summed E-state index contributed by atoms with van der Waals surface area (Å²) in [5.74, 6) is 0.0712. The quantitative estimate of drug-likeness (QED) is 0.869. The highest BCUT2D eigenvalue weighted by atomic mass is 16.2. The van der Waals surface area contributed by atoms with E-state index in [1.165, 1.54) is 0 Å². The van der Waals surface area contributed by atoms with E-state index in [1.807, 2.05) is 24.3 Å². The van der Waals surface area contributed by atoms with E-state index < -0.39 is 0 Å². The third kappa shape index (κ3) is 2.52. The highest BCUT2D eigenvalue weighted by Crippen LogP contribution is 2.21. The molecule has 1 saturated heterocycles. The Balaban J connectivity index is 2.13. The first-order valence-electron chi connectivity index (χ1n) is 6.20. The molecule has 0 aliphatic carbocycles. The minimum atomic E-state index is -0.0539. The normalized spacial score (nSPS) is 19.4. The molecule has 1 aromatic rings. The van der Waals surface area contributed by atoms with Gasteiger partial charge in [0, 0.05) is 13.6 Å². The van der Waals surface area contributed by atoms with Gasteiger partial charge in [-0.1, -0.05) is 18.2 Å². The Morgan fingerprint density at radius 2 is 2.33 bits per heavy atom. The summed E-state index contributed by atoms with van der Waals surface area (Å²) in [5.41, 5.74) is 1.69. The molecule has 0 radical (unpaired) electrons. The monoisotopic (exact) mass is 243 g/mol. The number of nitrogens with one attached hydrogen (secondary N) is 1. The van der Waals surface area contributed by atoms with Crippen LogP contribution < -0.4 is 5.32 Å². The fraction of sp³-hybridized carbons (Fsp3) is 0.429. The molecular formula is C14H17N3O. The van der Waals surface area contributed by atoms with Gasteiger partial charge in [0.2, 0.25) is 5.91 Å². The van der Waals surface area contributed by atoms with Gasteiger partial charge in [-0.3, -0.25) is 9.69 Å². The lowest BCUT2D eigenvalue weighted by molar-refractivity contribution is -0.125. The topological polar surface area (TPSA) is 56.1 Å². The van der Waals surface area contributed by atoms with Crippen molar-refractivity contribution in [3.05, 3.63) is 35.4 Å². The van der Waals surface area contributed by atoms with Crippen LogP contribution in [0.15, 0.2) is 24.3 Å². The first-order chi connectivity index (χ1) is 8.76. The van der Waals surface area contributed by atoms with Gasteiger partial charge in [-0.15, -0.1) is 0 Å². The van der Waals surface area contributed by atoms with Gasteiger partial charge in [-0.05, 0) is 31.0 Å². The van der Waals surface area contributed by atoms with Gasteiger partial charge in [0.1, 0.15) is 0 Å². The van der Waals surface area contributed by atoms with Crippen LogP contribution >= 0.6 is 0 Å². The highest BCUT2D eigenvalue weighted by Gasteiger charge is 2.30. The number of nitriles is 1. The van der Waals surface area contributed by atoms with Crippen molar-refractivity contribution in [2.24, 2.45) is 0 Å². The number of likely N-dealkylation sites (N-methyl/N-ethyl adjacent to an activating group) is 1. The van der Waals surface area contributed by atoms with E-state index in [9.17, 15) is 4.79 Å². The summed E-state index contributed by atoms with van der Waals surface area (Å²) in [5, 5.41) is 11.8. The van der Waals surface area contributed by atoms with E-state index in [1.54, 1.807) is 7.05 Å². The Morgan fingerprint density at radius 3 is 3.06 bits per heavy atom. The minimum Gasteiger partial charge on any atom is -0.358 e. The Morgan fingerprint density at radius 1 is 1.56 bits per heavy atom. The molecule has 2 rings (SSSR count). The summed E-state index contributed by atoms with van der Waals surface area (Å²) < 4.78 is 0. The van der Waals surface area contributed by atoms with Crippen molar-refractivity contribution >= 4 is 5.91 Å². The highest BCUT2D eigenvalue weighted by molar-refractivity contribution is 5.81. The van der Waals surface area contributed by atoms with E-state index in [4.69, 9.17) is 5.26 Å². The van der Waals surface area contributed by atoms with E-state index in [2.05, 4.69) is 16.3 Å². The number of hydrogen-bond acceptors (Lipinski definition) is 3. The molecule has 94 valence electrons. The lowest BCUT2D eigenvalue weighted by Gasteiger charge is -2.23. The van der Waals surface area contributed by atoms with Crippen molar-refractivity contribution in [2.75, 3.05) is 13.6 Å². The molecule has 1 heterocycles. The number of hydrogen-bond donors (Lipinski definition) is 1. The first-order valence-corrected chi connectivity index (χ1v) is 6.20. The summed E-state index contributed by atoms with van der Waals surface area (Å²) >= 11 is 0. The fourth-order valence-electron chi connectivity index (χ4n) is 2.46. The molecule has 1 aliphatic heterocycles. The third-order valence-electron chi connectivity index (χ3n) is 3.42. The van der Waals surface area contributed by atoms with Crippen LogP contribution in [0, 0.1) is 11.3 Å². The van der Waals surface area contributed by atoms with Gasteiger partial charge in [0.15, 0.2) is 0 Å². The molecule has 18 heavy (non-hydrogen) atoms. The van der Waals surface area contributed by atoms with Crippen LogP contribution in [-0.2, 0) is 11.3 Å². The molecular weight excluding hydrogens is 226 g/mol. The summed E-state index contributed by atoms with van der Waals surface area (Å²) in [6.45, 7) is 1.58. The Labute approximate surface area is 107 Å². The van der Waals surface area contributed by atoms with Crippen LogP contribution in [0.1, 0.15) is 24.0 Å². The average Bonchev–Trinajstić information content (AvgIpc) is 2.86. The van der Waals surface area contributed by atoms with Crippen LogP contribution in [0.25, 0.3) is 0 Å². The Kier molecular flexibility index (Phi) is 3.96. The first kappa shape index (κ1) is 12.6. The number of amides is 1. The molecule has 4 nitrogen and oxygen atoms in total. The SMILES string of the molecule is CNC(=O)C1CCCN1Cc1ccccc1C#N. The zero-order chi connectivity index (χ0) is 13.0. The zero-order valence-electron chi connectivity index (χ0n) is 10.5. The largest absolute Gasteiger partial charge is 0.358 e. The molecule has 1 unspecified atom stereocenters. The molecule has 1 fully saturated rings. The second-order valence-corrected chi connectivity index (χ2v) is 4.51. The van der Waals surface area contributed by atoms with E-state index >= 15 is 0 Å². The predicted octanol–water partition coefficient (Wildman–Crippen LogP) is 1.27. The molecule has 1 atom stereocenters. The molecule has 0 spiro atoms. The van der Waals surface area contributed by atoms with Crippen molar-refractivity contribution in [3.8, 4) is 6.07 Å². The van der Waals surface area contributed by atoms with E-state index in [-0.39, 0.29) is 11.9 Å². The molecule has 0 aromatic heterocycles. The summed E-state index contributed by atoms with van der Waals surface area (Å²) in [4.78, 5) is 13.9. The molecule has 0 saturated carbocycles. The number of benzene rings is 1. The molecule has 1 amide bonds. The summed E-state index contributed by atoms with van der Waals surface area (Å²) in [7, 11) is 1.67. The third-order valence-corrected chi connectivity index (χ3v) is 3.42. The van der Waals surface area contributed by atoms with Gasteiger partial charge in [-0.25, -0.2) is 0 Å². The maximum Gasteiger partial charge on any atom is 0.237 e. The van der Waals surface area contributed by atoms with Gasteiger partial charge >= 0.3 is 0 Å². The molecule has 0 bridgehead atoms. The lowest BCUT2D eigenvalue weighted by atomic mass is 10.1. The van der Waals surface area contributed by atoms with Crippen molar-refractivity contribution < 1.29 is 4.79 Å². The summed E-state index contributed by atoms with van der Waals surface area (Å²) in [6, 6.07) is 9.72. The number of rotatable bonds is 3. The fourth-order valence-corrected chi connectivity index (χ4v) is 2.46. The van der Waals surface area contributed by atoms with Crippen molar-refractivity contribution in [3.63, 3.8) is 0 Å². The number of carbonyl (C=O) groups is 1. The van der Waals surface area contributed by atoms with Gasteiger partial charge < -0.3 is 5.32 Å². The van der Waals surface area contributed by atoms with Crippen LogP contribution in [0.3, 0.4) is 0 Å². The van der Waals surface area contributed by atoms with Crippen LogP contribution in [0.2, 0.25) is 0 Å². The second-order valence-electron chi connectivity index (χ2n) is 4.51. The van der Waals surface area contributed by atoms with Crippen molar-refractivity contribution in [1.29, 1.82) is 5.26 Å². The molecule has 1 N–H and O–H groups in total. The van der Waals surface area contributed by atoms with Gasteiger partial charge in [0.25, 0.3) is 0 Å². The van der Waals surface area contributed by atoms with Gasteiger partial charge in [-0.2, -0.15) is 5.26 Å². The number of nitrogens with zero attached hydrogens (tertiary/aromatic N) is 2. The average molecular weight is 243 g/mol. The standard InChI is InChI=1S/C14H17N3O/c1-16-14(18)13-7-4-8-17(13)10-12-6-3-2-5-11(12)9-15/h2-3,5-6,13H,4,7-8,10H2,1H3,(H,16,18). The zero-order valence-corrected chi connectivity index (χ0v) is 10.5.